The normalized spacial score (nSPS) is 22.8. The van der Waals surface area contributed by atoms with Gasteiger partial charge in [0.15, 0.2) is 5.78 Å². The summed E-state index contributed by atoms with van der Waals surface area (Å²) in [5.74, 6) is -10.9. The van der Waals surface area contributed by atoms with Gasteiger partial charge in [-0.15, -0.1) is 23.1 Å². The van der Waals surface area contributed by atoms with Crippen molar-refractivity contribution in [2.45, 2.75) is 138 Å². The highest BCUT2D eigenvalue weighted by molar-refractivity contribution is 7.99. The molecule has 506 valence electrons. The number of allylic oxidation sites excluding steroid dienone is 1. The average Bonchev–Trinajstić information content (AvgIpc) is 1.68. The van der Waals surface area contributed by atoms with Crippen LogP contribution in [0.2, 0.25) is 0 Å². The summed E-state index contributed by atoms with van der Waals surface area (Å²) in [6.45, 7) is 0.657. The molecular weight excluding hydrogens is 1280 g/mol. The Kier molecular flexibility index (Phi) is 24.0. The number of ketones is 1. The number of phenolic OH excluding ortho intramolecular Hbond substituents is 1. The van der Waals surface area contributed by atoms with Crippen LogP contribution in [0.25, 0.3) is 26.6 Å². The summed E-state index contributed by atoms with van der Waals surface area (Å²) < 4.78 is 2.88. The molecule has 9 atom stereocenters. The maximum atomic E-state index is 15.2. The van der Waals surface area contributed by atoms with E-state index in [1.54, 1.807) is 18.3 Å². The number of imidazole rings is 1. The molecule has 9 amide bonds. The maximum Gasteiger partial charge on any atom is 0.305 e. The first kappa shape index (κ1) is 70.2. The van der Waals surface area contributed by atoms with Crippen molar-refractivity contribution >= 4 is 115 Å². The number of Topliss-reactive ketones (excluding diaryl/α,β-unsaturated/α-hetero) is 1. The molecule has 2 aliphatic rings. The van der Waals surface area contributed by atoms with E-state index in [9.17, 15) is 54.0 Å². The lowest BCUT2D eigenvalue weighted by molar-refractivity contribution is -0.142. The molecule has 7 aromatic rings. The van der Waals surface area contributed by atoms with Gasteiger partial charge in [-0.2, -0.15) is 0 Å². The third-order valence-corrected chi connectivity index (χ3v) is 18.6. The van der Waals surface area contributed by atoms with Gasteiger partial charge in [0.05, 0.1) is 41.7 Å². The van der Waals surface area contributed by atoms with Crippen molar-refractivity contribution in [3.05, 3.63) is 143 Å². The predicted octanol–water partition coefficient (Wildman–Crippen LogP) is 1.08. The number of nitrogens with zero attached hydrogens (tertiary/aromatic N) is 2. The van der Waals surface area contributed by atoms with E-state index in [0.717, 1.165) is 37.1 Å². The van der Waals surface area contributed by atoms with Crippen LogP contribution in [0.15, 0.2) is 120 Å². The van der Waals surface area contributed by atoms with Gasteiger partial charge >= 0.3 is 5.97 Å². The number of benzene rings is 3. The highest BCUT2D eigenvalue weighted by atomic mass is 32.2. The fourth-order valence-electron chi connectivity index (χ4n) is 11.4. The number of thiophene rings is 1. The summed E-state index contributed by atoms with van der Waals surface area (Å²) in [4.78, 5) is 165. The molecule has 28 nitrogen and oxygen atoms in total. The van der Waals surface area contributed by atoms with Gasteiger partial charge in [-0.25, -0.2) is 4.98 Å². The Labute approximate surface area is 558 Å². The number of hydrogen-bond donors (Lipinski definition) is 15. The quantitative estimate of drug-likeness (QED) is 0.0724. The lowest BCUT2D eigenvalue weighted by Crippen LogP contribution is -2.61. The zero-order valence-corrected chi connectivity index (χ0v) is 54.0. The fraction of sp³-hybridized carbons (Fsp3) is 0.364. The Morgan fingerprint density at radius 3 is 1.89 bits per heavy atom. The van der Waals surface area contributed by atoms with Crippen LogP contribution >= 0.6 is 23.1 Å². The molecule has 0 saturated carbocycles. The SMILES string of the molecule is CC(=O)N[C@H]1CCCCn2cc3sccc3c2SCC(C(C)=O)NC(=O)[C@H](Cc2c[nH]c3ccccc23)NC(=O)[C@H](Cc2ccc(O)cc2)NC(=O)[C@H](Cc2cnc[nH]2)NC(=O)[C@H](CC2=CCc3ccccc32)NC(=O)[C@H](CO)NC(=O)[C@H](CC(=O)O)NC(=O)[C@H](CO)NC1=O. The number of nitrogens with one attached hydrogen (secondary N) is 11. The third-order valence-electron chi connectivity index (χ3n) is 16.5. The van der Waals surface area contributed by atoms with Crippen molar-refractivity contribution in [3.63, 3.8) is 0 Å². The third kappa shape index (κ3) is 18.4. The summed E-state index contributed by atoms with van der Waals surface area (Å²) in [5.41, 5.74) is 4.34. The van der Waals surface area contributed by atoms with E-state index in [1.807, 2.05) is 64.7 Å². The van der Waals surface area contributed by atoms with Crippen molar-refractivity contribution in [2.75, 3.05) is 19.0 Å². The number of thioether (sulfide) groups is 1. The molecule has 15 N–H and O–H groups in total. The number of aliphatic carboxylic acids is 1. The summed E-state index contributed by atoms with van der Waals surface area (Å²) in [7, 11) is 0. The van der Waals surface area contributed by atoms with Crippen LogP contribution in [0, 0.1) is 0 Å². The topological polar surface area (TPSA) is 426 Å². The molecule has 1 aliphatic heterocycles. The molecule has 0 saturated heterocycles. The Bertz CT molecular complexity index is 4030. The largest absolute Gasteiger partial charge is 0.508 e. The first-order chi connectivity index (χ1) is 46.1. The molecule has 1 unspecified atom stereocenters. The van der Waals surface area contributed by atoms with Gasteiger partial charge in [0, 0.05) is 85.5 Å². The number of aliphatic hydroxyl groups excluding tert-OH is 2. The van der Waals surface area contributed by atoms with Crippen LogP contribution in [-0.2, 0) is 85.0 Å². The molecule has 3 aromatic carbocycles. The first-order valence-corrected chi connectivity index (χ1v) is 32.9. The Morgan fingerprint density at radius 1 is 0.635 bits per heavy atom. The number of aryl methyl sites for hydroxylation is 1. The van der Waals surface area contributed by atoms with Crippen molar-refractivity contribution in [3.8, 4) is 5.75 Å². The molecule has 0 bridgehead atoms. The van der Waals surface area contributed by atoms with Crippen LogP contribution in [0.3, 0.4) is 0 Å². The summed E-state index contributed by atoms with van der Waals surface area (Å²) in [6.07, 6.45) is 7.38. The first-order valence-electron chi connectivity index (χ1n) is 31.1. The van der Waals surface area contributed by atoms with Crippen molar-refractivity contribution < 1.29 is 73.2 Å². The number of aromatic hydroxyl groups is 1. The van der Waals surface area contributed by atoms with Gasteiger partial charge in [0.2, 0.25) is 53.2 Å². The minimum Gasteiger partial charge on any atom is -0.508 e. The number of aromatic amines is 2. The number of carbonyl (C=O) groups is 11. The van der Waals surface area contributed by atoms with E-state index in [-0.39, 0.29) is 43.6 Å². The number of carboxylic acids is 1. The molecule has 5 heterocycles. The Morgan fingerprint density at radius 2 is 1.23 bits per heavy atom. The lowest BCUT2D eigenvalue weighted by Gasteiger charge is -2.28. The molecule has 9 rings (SSSR count). The van der Waals surface area contributed by atoms with Gasteiger partial charge in [-0.05, 0) is 90.1 Å². The zero-order chi connectivity index (χ0) is 68.6. The highest BCUT2D eigenvalue weighted by Gasteiger charge is 2.37. The van der Waals surface area contributed by atoms with E-state index in [4.69, 9.17) is 0 Å². The van der Waals surface area contributed by atoms with Crippen molar-refractivity contribution in [1.82, 2.24) is 67.4 Å². The summed E-state index contributed by atoms with van der Waals surface area (Å²) >= 11 is 2.77. The van der Waals surface area contributed by atoms with E-state index in [0.29, 0.717) is 48.2 Å². The number of carboxylic acid groups (broad SMARTS) is 1. The van der Waals surface area contributed by atoms with E-state index < -0.39 is 139 Å². The Balaban J connectivity index is 1.08. The molecule has 96 heavy (non-hydrogen) atoms. The number of hydrogen-bond acceptors (Lipinski definition) is 17. The van der Waals surface area contributed by atoms with Crippen molar-refractivity contribution in [1.29, 1.82) is 0 Å². The second-order valence-electron chi connectivity index (χ2n) is 23.5. The van der Waals surface area contributed by atoms with E-state index >= 15 is 19.2 Å². The minimum absolute atomic E-state index is 0.0236. The number of amides is 9. The number of para-hydroxylation sites is 1. The number of phenols is 1. The van der Waals surface area contributed by atoms with Gasteiger partial charge in [0.1, 0.15) is 54.1 Å². The average molecular weight is 1350 g/mol. The number of aliphatic hydroxyl groups is 2. The minimum atomic E-state index is -2.00. The zero-order valence-electron chi connectivity index (χ0n) is 52.3. The van der Waals surface area contributed by atoms with E-state index in [2.05, 4.69) is 62.8 Å². The standard InChI is InChI=1S/C66H75N13O15S2/c1-35(82)55-33-96-66-45-20-22-95-56(45)30-79(66)21-8-7-13-47(70-36(2)83)58(87)76-53(31-80)65(94)75-52(27-57(85)86)63(92)77-54(32-81)64(93)73-49(24-39-17-16-38-9-3-4-10-43(38)39)60(89)74-51(26-41-29-67-34-69-41)62(91)71-48(23-37-14-18-42(84)19-15-37)59(88)72-50(61(90)78-55)25-40-28-68-46-12-6-5-11-44(40)46/h3-6,9-12,14-15,17-20,22,28-30,34,47-55,68,80-81,84H,7-8,13,16,21,23-27,31-33H2,1-2H3,(H,67,69)(H,70,83)(H,71,91)(H,72,88)(H,73,93)(H,74,89)(H,75,94)(H,76,87)(H,77,92)(H,78,90)(H,85,86)/t47-,48-,49-,50-,51-,52-,53-,54-,55?/m0/s1. The molecule has 4 aromatic heterocycles. The van der Waals surface area contributed by atoms with Crippen LogP contribution < -0.4 is 47.9 Å². The molecule has 1 aliphatic carbocycles. The number of aromatic nitrogens is 4. The monoisotopic (exact) mass is 1350 g/mol. The van der Waals surface area contributed by atoms with E-state index in [1.165, 1.54) is 73.7 Å². The molecule has 0 fully saturated rings. The van der Waals surface area contributed by atoms with Crippen molar-refractivity contribution in [2.24, 2.45) is 0 Å². The lowest BCUT2D eigenvalue weighted by atomic mass is 9.98. The van der Waals surface area contributed by atoms with Crippen LogP contribution in [-0.4, -0.2) is 178 Å². The molecule has 30 heteroatoms. The second kappa shape index (κ2) is 32.8. The van der Waals surface area contributed by atoms with Crippen LogP contribution in [0.4, 0.5) is 0 Å². The van der Waals surface area contributed by atoms with Gasteiger partial charge in [0.25, 0.3) is 0 Å². The fourth-order valence-corrected chi connectivity index (χ4v) is 13.6. The molecular formula is C66H75N13O15S2. The smallest absolute Gasteiger partial charge is 0.305 e. The van der Waals surface area contributed by atoms with Crippen LogP contribution in [0.1, 0.15) is 73.9 Å². The highest BCUT2D eigenvalue weighted by Crippen LogP contribution is 2.35. The van der Waals surface area contributed by atoms with Gasteiger partial charge in [-0.1, -0.05) is 60.7 Å². The number of H-pyrrole nitrogens is 2. The maximum absolute atomic E-state index is 15.2. The number of rotatable bonds is 14. The van der Waals surface area contributed by atoms with Gasteiger partial charge in [-0.3, -0.25) is 52.7 Å². The molecule has 0 radical (unpaired) electrons. The Hall–Kier alpha value is -10.2. The molecule has 0 spiro atoms. The van der Waals surface area contributed by atoms with Crippen LogP contribution in [0.5, 0.6) is 5.75 Å². The predicted molar refractivity (Wildman–Crippen MR) is 353 cm³/mol. The second-order valence-corrected chi connectivity index (χ2v) is 25.4. The summed E-state index contributed by atoms with van der Waals surface area (Å²) in [6, 6.07) is 8.05. The number of fused-ring (bicyclic) bond motifs is 5. The van der Waals surface area contributed by atoms with Gasteiger partial charge < -0.3 is 82.8 Å². The number of carbonyl (C=O) groups excluding carboxylic acids is 10. The summed E-state index contributed by atoms with van der Waals surface area (Å²) in [5, 5.41) is 68.7.